The first kappa shape index (κ1) is 14.2. The van der Waals surface area contributed by atoms with Crippen molar-refractivity contribution in [3.63, 3.8) is 0 Å². The molecular formula is C9H9F3N4O2. The van der Waals surface area contributed by atoms with Crippen LogP contribution in [0.25, 0.3) is 10.4 Å². The predicted molar refractivity (Wildman–Crippen MR) is 54.2 cm³/mol. The number of hydrogen-bond donors (Lipinski definition) is 2. The lowest BCUT2D eigenvalue weighted by atomic mass is 10.0. The third kappa shape index (κ3) is 3.59. The van der Waals surface area contributed by atoms with Gasteiger partial charge in [-0.05, 0) is 11.6 Å². The van der Waals surface area contributed by atoms with Crippen molar-refractivity contribution >= 4 is 0 Å². The highest BCUT2D eigenvalue weighted by atomic mass is 19.4. The summed E-state index contributed by atoms with van der Waals surface area (Å²) >= 11 is 0. The van der Waals surface area contributed by atoms with E-state index in [4.69, 9.17) is 5.53 Å². The molecule has 0 amide bonds. The van der Waals surface area contributed by atoms with Crippen LogP contribution in [0.4, 0.5) is 13.2 Å². The Hall–Kier alpha value is -1.83. The van der Waals surface area contributed by atoms with Crippen LogP contribution in [0.5, 0.6) is 0 Å². The third-order valence-corrected chi connectivity index (χ3v) is 2.12. The molecule has 0 saturated carbocycles. The second kappa shape index (κ2) is 5.67. The van der Waals surface area contributed by atoms with Crippen molar-refractivity contribution in [2.24, 2.45) is 5.11 Å². The second-order valence-corrected chi connectivity index (χ2v) is 3.43. The van der Waals surface area contributed by atoms with Gasteiger partial charge in [0.1, 0.15) is 6.10 Å². The number of azide groups is 1. The fourth-order valence-corrected chi connectivity index (χ4v) is 1.22. The quantitative estimate of drug-likeness (QED) is 0.491. The van der Waals surface area contributed by atoms with Gasteiger partial charge >= 0.3 is 6.18 Å². The van der Waals surface area contributed by atoms with Crippen LogP contribution in [0.3, 0.4) is 0 Å². The van der Waals surface area contributed by atoms with Crippen molar-refractivity contribution < 1.29 is 23.4 Å². The summed E-state index contributed by atoms with van der Waals surface area (Å²) < 4.78 is 37.2. The lowest BCUT2D eigenvalue weighted by Crippen LogP contribution is -2.21. The molecule has 0 fully saturated rings. The Kier molecular flexibility index (Phi) is 4.49. The molecule has 0 saturated heterocycles. The standard InChI is InChI=1S/C9H9F3N4O2/c10-9(11,12)6-1-5(2-14-3-6)8(18)7(17)4-15-16-13/h1-3,7-8,17-18H,4H2. The van der Waals surface area contributed by atoms with Crippen LogP contribution in [0.2, 0.25) is 0 Å². The highest BCUT2D eigenvalue weighted by molar-refractivity contribution is 5.23. The average molecular weight is 262 g/mol. The molecule has 0 spiro atoms. The number of pyridine rings is 1. The molecule has 18 heavy (non-hydrogen) atoms. The minimum atomic E-state index is -4.58. The van der Waals surface area contributed by atoms with E-state index in [1.165, 1.54) is 0 Å². The van der Waals surface area contributed by atoms with E-state index < -0.39 is 30.5 Å². The van der Waals surface area contributed by atoms with Gasteiger partial charge in [-0.1, -0.05) is 5.11 Å². The highest BCUT2D eigenvalue weighted by Gasteiger charge is 2.32. The largest absolute Gasteiger partial charge is 0.417 e. The van der Waals surface area contributed by atoms with Gasteiger partial charge in [0.25, 0.3) is 0 Å². The van der Waals surface area contributed by atoms with Gasteiger partial charge < -0.3 is 10.2 Å². The van der Waals surface area contributed by atoms with Gasteiger partial charge in [0.15, 0.2) is 0 Å². The van der Waals surface area contributed by atoms with E-state index in [1.807, 2.05) is 0 Å². The van der Waals surface area contributed by atoms with Crippen molar-refractivity contribution in [2.45, 2.75) is 18.4 Å². The van der Waals surface area contributed by atoms with Gasteiger partial charge in [0.2, 0.25) is 0 Å². The van der Waals surface area contributed by atoms with E-state index >= 15 is 0 Å². The first-order chi connectivity index (χ1) is 8.36. The Balaban J connectivity index is 2.92. The van der Waals surface area contributed by atoms with Gasteiger partial charge in [-0.3, -0.25) is 4.98 Å². The molecule has 0 aliphatic rings. The number of halogens is 3. The van der Waals surface area contributed by atoms with Crippen molar-refractivity contribution in [3.8, 4) is 0 Å². The van der Waals surface area contributed by atoms with Crippen LogP contribution in [0.1, 0.15) is 17.2 Å². The molecule has 2 unspecified atom stereocenters. The first-order valence-electron chi connectivity index (χ1n) is 4.75. The van der Waals surface area contributed by atoms with Crippen LogP contribution in [-0.2, 0) is 6.18 Å². The van der Waals surface area contributed by atoms with Crippen molar-refractivity contribution in [3.05, 3.63) is 40.0 Å². The first-order valence-corrected chi connectivity index (χ1v) is 4.75. The Morgan fingerprint density at radius 3 is 2.61 bits per heavy atom. The van der Waals surface area contributed by atoms with Gasteiger partial charge in [-0.25, -0.2) is 0 Å². The van der Waals surface area contributed by atoms with Gasteiger partial charge in [0, 0.05) is 22.9 Å². The van der Waals surface area contributed by atoms with Crippen molar-refractivity contribution in [2.75, 3.05) is 6.54 Å². The summed E-state index contributed by atoms with van der Waals surface area (Å²) in [5.74, 6) is 0. The van der Waals surface area contributed by atoms with E-state index in [0.717, 1.165) is 6.20 Å². The molecule has 6 nitrogen and oxygen atoms in total. The maximum atomic E-state index is 12.4. The van der Waals surface area contributed by atoms with Gasteiger partial charge in [0.05, 0.1) is 18.2 Å². The summed E-state index contributed by atoms with van der Waals surface area (Å²) in [6.45, 7) is -0.450. The molecule has 0 aromatic carbocycles. The summed E-state index contributed by atoms with van der Waals surface area (Å²) in [5, 5.41) is 22.0. The van der Waals surface area contributed by atoms with Crippen LogP contribution < -0.4 is 0 Å². The molecule has 98 valence electrons. The van der Waals surface area contributed by atoms with Crippen LogP contribution in [-0.4, -0.2) is 27.8 Å². The Morgan fingerprint density at radius 2 is 2.06 bits per heavy atom. The molecule has 1 aromatic rings. The van der Waals surface area contributed by atoms with Gasteiger partial charge in [-0.2, -0.15) is 13.2 Å². The molecule has 1 heterocycles. The maximum absolute atomic E-state index is 12.4. The Bertz CT molecular complexity index is 459. The summed E-state index contributed by atoms with van der Waals surface area (Å²) in [6.07, 6.45) is -6.08. The summed E-state index contributed by atoms with van der Waals surface area (Å²) in [5.41, 5.74) is 6.79. The second-order valence-electron chi connectivity index (χ2n) is 3.43. The molecule has 0 aliphatic heterocycles. The maximum Gasteiger partial charge on any atom is 0.417 e. The average Bonchev–Trinajstić information content (AvgIpc) is 2.34. The minimum Gasteiger partial charge on any atom is -0.390 e. The molecule has 1 rings (SSSR count). The Morgan fingerprint density at radius 1 is 1.39 bits per heavy atom. The topological polar surface area (TPSA) is 102 Å². The monoisotopic (exact) mass is 262 g/mol. The normalized spacial score (nSPS) is 14.7. The fraction of sp³-hybridized carbons (Fsp3) is 0.444. The molecule has 1 aromatic heterocycles. The lowest BCUT2D eigenvalue weighted by Gasteiger charge is -2.17. The predicted octanol–water partition coefficient (Wildman–Crippen LogP) is 1.80. The lowest BCUT2D eigenvalue weighted by molar-refractivity contribution is -0.138. The zero-order valence-electron chi connectivity index (χ0n) is 8.91. The molecule has 2 atom stereocenters. The number of aliphatic hydroxyl groups is 2. The molecule has 0 bridgehead atoms. The highest BCUT2D eigenvalue weighted by Crippen LogP contribution is 2.30. The van der Waals surface area contributed by atoms with Crippen molar-refractivity contribution in [1.82, 2.24) is 4.98 Å². The smallest absolute Gasteiger partial charge is 0.390 e. The molecular weight excluding hydrogens is 253 g/mol. The number of alkyl halides is 3. The van der Waals surface area contributed by atoms with Crippen molar-refractivity contribution in [1.29, 1.82) is 0 Å². The van der Waals surface area contributed by atoms with Crippen LogP contribution in [0, 0.1) is 0 Å². The summed E-state index contributed by atoms with van der Waals surface area (Å²) in [7, 11) is 0. The molecule has 0 radical (unpaired) electrons. The van der Waals surface area contributed by atoms with E-state index in [9.17, 15) is 23.4 Å². The minimum absolute atomic E-state index is 0.203. The van der Waals surface area contributed by atoms with Gasteiger partial charge in [-0.15, -0.1) is 0 Å². The number of aliphatic hydroxyl groups excluding tert-OH is 2. The molecule has 2 N–H and O–H groups in total. The zero-order valence-corrected chi connectivity index (χ0v) is 8.91. The van der Waals surface area contributed by atoms with E-state index in [1.54, 1.807) is 0 Å². The summed E-state index contributed by atoms with van der Waals surface area (Å²) in [4.78, 5) is 5.71. The SMILES string of the molecule is [N-]=[N+]=NCC(O)C(O)c1cncc(C(F)(F)F)c1. The van der Waals surface area contributed by atoms with E-state index in [0.29, 0.717) is 12.3 Å². The van der Waals surface area contributed by atoms with E-state index in [-0.39, 0.29) is 5.56 Å². The summed E-state index contributed by atoms with van der Waals surface area (Å²) in [6, 6.07) is 0.678. The van der Waals surface area contributed by atoms with E-state index in [2.05, 4.69) is 15.0 Å². The van der Waals surface area contributed by atoms with Crippen LogP contribution >= 0.6 is 0 Å². The molecule has 0 aliphatic carbocycles. The Labute approximate surface area is 99.3 Å². The fourth-order valence-electron chi connectivity index (χ4n) is 1.22. The van der Waals surface area contributed by atoms with Crippen LogP contribution in [0.15, 0.2) is 23.6 Å². The number of nitrogens with zero attached hydrogens (tertiary/aromatic N) is 4. The third-order valence-electron chi connectivity index (χ3n) is 2.12. The molecule has 9 heteroatoms. The zero-order chi connectivity index (χ0) is 13.8. The number of rotatable bonds is 4. The number of aromatic nitrogens is 1. The number of hydrogen-bond acceptors (Lipinski definition) is 4.